The quantitative estimate of drug-likeness (QED) is 0.884. The molecule has 2 rings (SSSR count). The summed E-state index contributed by atoms with van der Waals surface area (Å²) in [5.41, 5.74) is 2.43. The summed E-state index contributed by atoms with van der Waals surface area (Å²) in [5, 5.41) is 2.92. The second-order valence-electron chi connectivity index (χ2n) is 5.10. The molecule has 1 N–H and O–H groups in total. The molecule has 0 aliphatic carbocycles. The normalized spacial score (nSPS) is 11.7. The summed E-state index contributed by atoms with van der Waals surface area (Å²) in [6.45, 7) is 2.17. The first kappa shape index (κ1) is 15.1. The van der Waals surface area contributed by atoms with Gasteiger partial charge in [0.2, 0.25) is 5.91 Å². The number of rotatable bonds is 6. The van der Waals surface area contributed by atoms with Crippen molar-refractivity contribution in [3.63, 3.8) is 0 Å². The summed E-state index contributed by atoms with van der Waals surface area (Å²) in [4.78, 5) is 11.2. The summed E-state index contributed by atoms with van der Waals surface area (Å²) in [5.74, 6) is 1.07. The smallest absolute Gasteiger partial charge is 0.216 e. The molecule has 0 saturated heterocycles. The third-order valence-corrected chi connectivity index (χ3v) is 3.49. The summed E-state index contributed by atoms with van der Waals surface area (Å²) in [6, 6.07) is 18.3. The minimum atomic E-state index is -0.00374. The van der Waals surface area contributed by atoms with Crippen LogP contribution in [-0.4, -0.2) is 19.6 Å². The maximum atomic E-state index is 11.2. The van der Waals surface area contributed by atoms with Crippen molar-refractivity contribution in [2.24, 2.45) is 0 Å². The molecule has 21 heavy (non-hydrogen) atoms. The van der Waals surface area contributed by atoms with Crippen LogP contribution in [0.3, 0.4) is 0 Å². The zero-order valence-corrected chi connectivity index (χ0v) is 12.5. The molecule has 1 atom stereocenters. The summed E-state index contributed by atoms with van der Waals surface area (Å²) in [7, 11) is 1.67. The fraction of sp³-hybridized carbons (Fsp3) is 0.278. The van der Waals surface area contributed by atoms with E-state index in [0.29, 0.717) is 6.54 Å². The fourth-order valence-electron chi connectivity index (χ4n) is 2.37. The molecule has 0 saturated carbocycles. The standard InChI is InChI=1S/C18H21NO2/c1-14(20)19-13-17(11-15-7-4-3-5-8-15)16-9-6-10-18(12-16)21-2/h3-10,12,17H,11,13H2,1-2H3,(H,19,20). The van der Waals surface area contributed by atoms with Crippen LogP contribution >= 0.6 is 0 Å². The average Bonchev–Trinajstić information content (AvgIpc) is 2.52. The molecular weight excluding hydrogens is 262 g/mol. The number of methoxy groups -OCH3 is 1. The lowest BCUT2D eigenvalue weighted by atomic mass is 9.91. The monoisotopic (exact) mass is 283 g/mol. The molecule has 2 aromatic rings. The average molecular weight is 283 g/mol. The van der Waals surface area contributed by atoms with Crippen LogP contribution in [0.15, 0.2) is 54.6 Å². The minimum Gasteiger partial charge on any atom is -0.497 e. The summed E-state index contributed by atoms with van der Waals surface area (Å²) < 4.78 is 5.29. The van der Waals surface area contributed by atoms with Gasteiger partial charge in [0, 0.05) is 19.4 Å². The van der Waals surface area contributed by atoms with Gasteiger partial charge in [-0.05, 0) is 29.7 Å². The zero-order chi connectivity index (χ0) is 15.1. The molecule has 2 aromatic carbocycles. The molecule has 0 fully saturated rings. The Bertz CT molecular complexity index is 581. The van der Waals surface area contributed by atoms with E-state index in [2.05, 4.69) is 23.5 Å². The number of carbonyl (C=O) groups is 1. The van der Waals surface area contributed by atoms with E-state index in [1.807, 2.05) is 36.4 Å². The Balaban J connectivity index is 2.20. The molecule has 0 bridgehead atoms. The van der Waals surface area contributed by atoms with E-state index >= 15 is 0 Å². The molecule has 1 unspecified atom stereocenters. The van der Waals surface area contributed by atoms with Crippen molar-refractivity contribution in [2.75, 3.05) is 13.7 Å². The van der Waals surface area contributed by atoms with Crippen LogP contribution in [-0.2, 0) is 11.2 Å². The van der Waals surface area contributed by atoms with E-state index in [1.54, 1.807) is 14.0 Å². The summed E-state index contributed by atoms with van der Waals surface area (Å²) in [6.07, 6.45) is 0.883. The molecule has 0 heterocycles. The predicted molar refractivity (Wildman–Crippen MR) is 84.6 cm³/mol. The SMILES string of the molecule is COc1cccc(C(CNC(C)=O)Cc2ccccc2)c1. The first-order chi connectivity index (χ1) is 10.2. The van der Waals surface area contributed by atoms with E-state index in [1.165, 1.54) is 11.1 Å². The number of benzene rings is 2. The van der Waals surface area contributed by atoms with Gasteiger partial charge in [-0.25, -0.2) is 0 Å². The second kappa shape index (κ2) is 7.48. The first-order valence-corrected chi connectivity index (χ1v) is 7.11. The Morgan fingerprint density at radius 1 is 1.14 bits per heavy atom. The fourth-order valence-corrected chi connectivity index (χ4v) is 2.37. The van der Waals surface area contributed by atoms with Crippen LogP contribution in [0.5, 0.6) is 5.75 Å². The van der Waals surface area contributed by atoms with Crippen molar-refractivity contribution in [2.45, 2.75) is 19.3 Å². The maximum absolute atomic E-state index is 11.2. The molecule has 0 spiro atoms. The van der Waals surface area contributed by atoms with Crippen LogP contribution in [0.1, 0.15) is 24.0 Å². The lowest BCUT2D eigenvalue weighted by molar-refractivity contribution is -0.119. The zero-order valence-electron chi connectivity index (χ0n) is 12.5. The van der Waals surface area contributed by atoms with Gasteiger partial charge in [0.25, 0.3) is 0 Å². The Kier molecular flexibility index (Phi) is 5.38. The van der Waals surface area contributed by atoms with Crippen LogP contribution in [0.2, 0.25) is 0 Å². The number of hydrogen-bond acceptors (Lipinski definition) is 2. The molecule has 0 aromatic heterocycles. The molecule has 0 aliphatic heterocycles. The highest BCUT2D eigenvalue weighted by molar-refractivity contribution is 5.72. The lowest BCUT2D eigenvalue weighted by Gasteiger charge is -2.18. The van der Waals surface area contributed by atoms with Crippen molar-refractivity contribution >= 4 is 5.91 Å². The van der Waals surface area contributed by atoms with Gasteiger partial charge < -0.3 is 10.1 Å². The molecular formula is C18H21NO2. The third-order valence-electron chi connectivity index (χ3n) is 3.49. The Morgan fingerprint density at radius 2 is 1.90 bits per heavy atom. The molecule has 3 heteroatoms. The predicted octanol–water partition coefficient (Wildman–Crippen LogP) is 3.16. The van der Waals surface area contributed by atoms with E-state index in [4.69, 9.17) is 4.74 Å². The van der Waals surface area contributed by atoms with E-state index in [9.17, 15) is 4.79 Å². The third kappa shape index (κ3) is 4.63. The van der Waals surface area contributed by atoms with Gasteiger partial charge in [0.05, 0.1) is 7.11 Å². The van der Waals surface area contributed by atoms with E-state index in [0.717, 1.165) is 12.2 Å². The lowest BCUT2D eigenvalue weighted by Crippen LogP contribution is -2.27. The van der Waals surface area contributed by atoms with E-state index < -0.39 is 0 Å². The maximum Gasteiger partial charge on any atom is 0.216 e. The van der Waals surface area contributed by atoms with Crippen molar-refractivity contribution in [3.8, 4) is 5.75 Å². The largest absolute Gasteiger partial charge is 0.497 e. The topological polar surface area (TPSA) is 38.3 Å². The Morgan fingerprint density at radius 3 is 2.57 bits per heavy atom. The van der Waals surface area contributed by atoms with Crippen LogP contribution in [0, 0.1) is 0 Å². The van der Waals surface area contributed by atoms with Gasteiger partial charge in [-0.3, -0.25) is 4.79 Å². The minimum absolute atomic E-state index is 0.00374. The Labute approximate surface area is 126 Å². The number of nitrogens with one attached hydrogen (secondary N) is 1. The van der Waals surface area contributed by atoms with Crippen LogP contribution in [0.25, 0.3) is 0 Å². The first-order valence-electron chi connectivity index (χ1n) is 7.11. The number of amides is 1. The molecule has 0 radical (unpaired) electrons. The van der Waals surface area contributed by atoms with Crippen LogP contribution in [0.4, 0.5) is 0 Å². The van der Waals surface area contributed by atoms with Crippen molar-refractivity contribution in [3.05, 3.63) is 65.7 Å². The molecule has 1 amide bonds. The van der Waals surface area contributed by atoms with E-state index in [-0.39, 0.29) is 11.8 Å². The van der Waals surface area contributed by atoms with Crippen molar-refractivity contribution in [1.29, 1.82) is 0 Å². The van der Waals surface area contributed by atoms with Gasteiger partial charge in [0.15, 0.2) is 0 Å². The Hall–Kier alpha value is -2.29. The molecule has 110 valence electrons. The highest BCUT2D eigenvalue weighted by Crippen LogP contribution is 2.24. The van der Waals surface area contributed by atoms with Gasteiger partial charge in [-0.2, -0.15) is 0 Å². The molecule has 3 nitrogen and oxygen atoms in total. The van der Waals surface area contributed by atoms with Gasteiger partial charge in [-0.15, -0.1) is 0 Å². The number of carbonyl (C=O) groups excluding carboxylic acids is 1. The van der Waals surface area contributed by atoms with Gasteiger partial charge in [0.1, 0.15) is 5.75 Å². The van der Waals surface area contributed by atoms with Crippen molar-refractivity contribution in [1.82, 2.24) is 5.32 Å². The second-order valence-corrected chi connectivity index (χ2v) is 5.10. The summed E-state index contributed by atoms with van der Waals surface area (Å²) >= 11 is 0. The highest BCUT2D eigenvalue weighted by Gasteiger charge is 2.13. The highest BCUT2D eigenvalue weighted by atomic mass is 16.5. The molecule has 0 aliphatic rings. The number of ether oxygens (including phenoxy) is 1. The van der Waals surface area contributed by atoms with Gasteiger partial charge >= 0.3 is 0 Å². The van der Waals surface area contributed by atoms with Crippen molar-refractivity contribution < 1.29 is 9.53 Å². The van der Waals surface area contributed by atoms with Crippen LogP contribution < -0.4 is 10.1 Å². The number of hydrogen-bond donors (Lipinski definition) is 1. The van der Waals surface area contributed by atoms with Gasteiger partial charge in [-0.1, -0.05) is 42.5 Å².